The average Bonchev–Trinajstić information content (AvgIpc) is 3.14. The maximum atomic E-state index is 9.49. The van der Waals surface area contributed by atoms with Gasteiger partial charge in [-0.2, -0.15) is 5.26 Å². The molecule has 1 aromatic heterocycles. The molecule has 0 saturated carbocycles. The van der Waals surface area contributed by atoms with E-state index >= 15 is 0 Å². The SMILES string of the molecule is C[C@@H]1CN(c2ccc(C#N)c3ncccc23)CC2c3ccc(N4CC(N)C4)cc3CN21. The first-order valence-electron chi connectivity index (χ1n) is 11.0. The molecule has 2 N–H and O–H groups in total. The molecule has 3 aliphatic heterocycles. The Balaban J connectivity index is 1.34. The molecule has 3 aromatic rings. The standard InChI is InChI=1S/C25H26N6/c1-16-11-30(23-7-4-17(10-26)25-22(23)3-2-8-28-25)15-24-21-6-5-20(29-13-19(27)14-29)9-18(21)12-31(16)24/h2-9,16,19,24H,11-15,27H2,1H3/t16-,24?/m1/s1. The summed E-state index contributed by atoms with van der Waals surface area (Å²) in [5.41, 5.74) is 12.8. The number of anilines is 2. The van der Waals surface area contributed by atoms with Crippen LogP contribution < -0.4 is 15.5 Å². The number of rotatable bonds is 2. The molecule has 6 rings (SSSR count). The zero-order valence-corrected chi connectivity index (χ0v) is 17.7. The Morgan fingerprint density at radius 3 is 2.74 bits per heavy atom. The first-order valence-corrected chi connectivity index (χ1v) is 11.0. The van der Waals surface area contributed by atoms with Crippen LogP contribution in [0, 0.1) is 11.3 Å². The van der Waals surface area contributed by atoms with Crippen molar-refractivity contribution in [3.8, 4) is 6.07 Å². The fraction of sp³-hybridized carbons (Fsp3) is 0.360. The maximum Gasteiger partial charge on any atom is 0.101 e. The minimum absolute atomic E-state index is 0.310. The van der Waals surface area contributed by atoms with Crippen LogP contribution in [-0.4, -0.2) is 48.1 Å². The van der Waals surface area contributed by atoms with E-state index in [-0.39, 0.29) is 0 Å². The molecule has 156 valence electrons. The van der Waals surface area contributed by atoms with Crippen molar-refractivity contribution in [2.24, 2.45) is 5.73 Å². The second kappa shape index (κ2) is 6.94. The molecule has 2 fully saturated rings. The van der Waals surface area contributed by atoms with Crippen LogP contribution in [0.2, 0.25) is 0 Å². The number of hydrogen-bond donors (Lipinski definition) is 1. The summed E-state index contributed by atoms with van der Waals surface area (Å²) in [7, 11) is 0. The highest BCUT2D eigenvalue weighted by atomic mass is 15.3. The maximum absolute atomic E-state index is 9.49. The van der Waals surface area contributed by atoms with Crippen molar-refractivity contribution in [3.05, 3.63) is 65.4 Å². The Morgan fingerprint density at radius 2 is 1.94 bits per heavy atom. The Labute approximate surface area is 182 Å². The molecule has 6 heteroatoms. The zero-order valence-electron chi connectivity index (χ0n) is 17.7. The van der Waals surface area contributed by atoms with E-state index in [0.717, 1.165) is 43.6 Å². The molecule has 3 aliphatic rings. The van der Waals surface area contributed by atoms with Gasteiger partial charge >= 0.3 is 0 Å². The molecule has 6 nitrogen and oxygen atoms in total. The lowest BCUT2D eigenvalue weighted by atomic mass is 9.99. The lowest BCUT2D eigenvalue weighted by Gasteiger charge is -2.44. The summed E-state index contributed by atoms with van der Waals surface area (Å²) in [6.45, 7) is 7.16. The van der Waals surface area contributed by atoms with E-state index in [1.807, 2.05) is 12.1 Å². The summed E-state index contributed by atoms with van der Waals surface area (Å²) < 4.78 is 0. The van der Waals surface area contributed by atoms with E-state index in [2.05, 4.69) is 63.0 Å². The molecular formula is C25H26N6. The van der Waals surface area contributed by atoms with Gasteiger partial charge in [0.1, 0.15) is 6.07 Å². The summed E-state index contributed by atoms with van der Waals surface area (Å²) in [5.74, 6) is 0. The number of hydrogen-bond acceptors (Lipinski definition) is 6. The lowest BCUT2D eigenvalue weighted by molar-refractivity contribution is 0.134. The lowest BCUT2D eigenvalue weighted by Crippen LogP contribution is -2.55. The van der Waals surface area contributed by atoms with E-state index in [0.29, 0.717) is 23.7 Å². The first kappa shape index (κ1) is 18.6. The Bertz CT molecular complexity index is 1210. The molecule has 0 amide bonds. The molecule has 0 radical (unpaired) electrons. The minimum Gasteiger partial charge on any atom is -0.368 e. The normalized spacial score (nSPS) is 23.4. The van der Waals surface area contributed by atoms with Gasteiger partial charge in [0.05, 0.1) is 17.1 Å². The van der Waals surface area contributed by atoms with Crippen molar-refractivity contribution in [1.82, 2.24) is 9.88 Å². The van der Waals surface area contributed by atoms with Crippen molar-refractivity contribution < 1.29 is 0 Å². The third-order valence-electron chi connectivity index (χ3n) is 7.17. The van der Waals surface area contributed by atoms with Crippen molar-refractivity contribution >= 4 is 22.3 Å². The monoisotopic (exact) mass is 410 g/mol. The summed E-state index contributed by atoms with van der Waals surface area (Å²) in [6, 6.07) is 18.4. The van der Waals surface area contributed by atoms with E-state index in [9.17, 15) is 5.26 Å². The smallest absolute Gasteiger partial charge is 0.101 e. The van der Waals surface area contributed by atoms with Gasteiger partial charge in [-0.1, -0.05) is 6.07 Å². The van der Waals surface area contributed by atoms with Crippen LogP contribution in [0.3, 0.4) is 0 Å². The minimum atomic E-state index is 0.310. The summed E-state index contributed by atoms with van der Waals surface area (Å²) in [5, 5.41) is 10.5. The number of aromatic nitrogens is 1. The number of benzene rings is 2. The van der Waals surface area contributed by atoms with Gasteiger partial charge in [-0.25, -0.2) is 0 Å². The van der Waals surface area contributed by atoms with Gasteiger partial charge in [0.15, 0.2) is 0 Å². The Hall–Kier alpha value is -3.14. The quantitative estimate of drug-likeness (QED) is 0.700. The highest BCUT2D eigenvalue weighted by Crippen LogP contribution is 2.42. The van der Waals surface area contributed by atoms with Gasteiger partial charge in [0.25, 0.3) is 0 Å². The van der Waals surface area contributed by atoms with Gasteiger partial charge in [-0.15, -0.1) is 0 Å². The van der Waals surface area contributed by atoms with Crippen molar-refractivity contribution in [2.45, 2.75) is 31.6 Å². The zero-order chi connectivity index (χ0) is 21.1. The third-order valence-corrected chi connectivity index (χ3v) is 7.17. The molecule has 4 heterocycles. The van der Waals surface area contributed by atoms with Gasteiger partial charge in [-0.05, 0) is 54.4 Å². The number of nitrogens with zero attached hydrogens (tertiary/aromatic N) is 5. The number of fused-ring (bicyclic) bond motifs is 4. The molecular weight excluding hydrogens is 384 g/mol. The molecule has 2 saturated heterocycles. The first-order chi connectivity index (χ1) is 15.1. The molecule has 2 atom stereocenters. The van der Waals surface area contributed by atoms with E-state index in [4.69, 9.17) is 5.73 Å². The highest BCUT2D eigenvalue weighted by molar-refractivity contribution is 5.95. The van der Waals surface area contributed by atoms with Crippen LogP contribution in [0.25, 0.3) is 10.9 Å². The van der Waals surface area contributed by atoms with E-state index < -0.39 is 0 Å². The predicted octanol–water partition coefficient (Wildman–Crippen LogP) is 3.02. The second-order valence-electron chi connectivity index (χ2n) is 9.13. The Kier molecular flexibility index (Phi) is 4.17. The molecule has 1 unspecified atom stereocenters. The largest absolute Gasteiger partial charge is 0.368 e. The van der Waals surface area contributed by atoms with Crippen molar-refractivity contribution in [3.63, 3.8) is 0 Å². The van der Waals surface area contributed by atoms with E-state index in [1.54, 1.807) is 6.20 Å². The third kappa shape index (κ3) is 2.88. The fourth-order valence-electron chi connectivity index (χ4n) is 5.55. The summed E-state index contributed by atoms with van der Waals surface area (Å²) >= 11 is 0. The van der Waals surface area contributed by atoms with Crippen LogP contribution in [0.15, 0.2) is 48.7 Å². The number of pyridine rings is 1. The Morgan fingerprint density at radius 1 is 1.06 bits per heavy atom. The van der Waals surface area contributed by atoms with Crippen molar-refractivity contribution in [1.29, 1.82) is 5.26 Å². The molecule has 31 heavy (non-hydrogen) atoms. The van der Waals surface area contributed by atoms with Crippen LogP contribution in [0.1, 0.15) is 29.7 Å². The van der Waals surface area contributed by atoms with Crippen molar-refractivity contribution in [2.75, 3.05) is 36.0 Å². The topological polar surface area (TPSA) is 72.4 Å². The fourth-order valence-corrected chi connectivity index (χ4v) is 5.55. The van der Waals surface area contributed by atoms with Crippen LogP contribution >= 0.6 is 0 Å². The molecule has 0 bridgehead atoms. The summed E-state index contributed by atoms with van der Waals surface area (Å²) in [6.07, 6.45) is 1.77. The molecule has 0 aliphatic carbocycles. The average molecular weight is 411 g/mol. The molecule has 2 aromatic carbocycles. The van der Waals surface area contributed by atoms with Crippen LogP contribution in [0.4, 0.5) is 11.4 Å². The molecule has 0 spiro atoms. The van der Waals surface area contributed by atoms with Gasteiger partial charge in [0.2, 0.25) is 0 Å². The number of nitriles is 1. The van der Waals surface area contributed by atoms with Gasteiger partial charge < -0.3 is 15.5 Å². The second-order valence-corrected chi connectivity index (χ2v) is 9.13. The van der Waals surface area contributed by atoms with Gasteiger partial charge in [-0.3, -0.25) is 9.88 Å². The summed E-state index contributed by atoms with van der Waals surface area (Å²) in [4.78, 5) is 12.0. The van der Waals surface area contributed by atoms with Gasteiger partial charge in [0, 0.05) is 67.8 Å². The highest BCUT2D eigenvalue weighted by Gasteiger charge is 2.39. The van der Waals surface area contributed by atoms with Crippen LogP contribution in [-0.2, 0) is 6.54 Å². The van der Waals surface area contributed by atoms with Crippen LogP contribution in [0.5, 0.6) is 0 Å². The number of nitrogens with two attached hydrogens (primary N) is 1. The number of piperazine rings is 1. The van der Waals surface area contributed by atoms with E-state index in [1.165, 1.54) is 22.5 Å². The predicted molar refractivity (Wildman–Crippen MR) is 123 cm³/mol.